The minimum Gasteiger partial charge on any atom is -0.486 e. The second-order valence-electron chi connectivity index (χ2n) is 5.92. The van der Waals surface area contributed by atoms with Crippen molar-refractivity contribution >= 4 is 11.8 Å². The average molecular weight is 342 g/mol. The highest BCUT2D eigenvalue weighted by atomic mass is 16.6. The van der Waals surface area contributed by atoms with Crippen molar-refractivity contribution in [3.05, 3.63) is 47.9 Å². The van der Waals surface area contributed by atoms with Gasteiger partial charge in [-0.2, -0.15) is 0 Å². The number of furan rings is 1. The van der Waals surface area contributed by atoms with Crippen LogP contribution in [-0.4, -0.2) is 61.0 Å². The van der Waals surface area contributed by atoms with Crippen LogP contribution < -0.4 is 9.47 Å². The predicted molar refractivity (Wildman–Crippen MR) is 87.9 cm³/mol. The van der Waals surface area contributed by atoms with E-state index in [1.165, 1.54) is 6.26 Å². The summed E-state index contributed by atoms with van der Waals surface area (Å²) in [5.41, 5.74) is 0.565. The van der Waals surface area contributed by atoms with Gasteiger partial charge in [0.15, 0.2) is 17.3 Å². The van der Waals surface area contributed by atoms with E-state index in [0.29, 0.717) is 62.2 Å². The number of fused-ring (bicyclic) bond motifs is 1. The molecule has 2 amide bonds. The Bertz CT molecular complexity index is 779. The number of rotatable bonds is 2. The lowest BCUT2D eigenvalue weighted by Gasteiger charge is -2.34. The van der Waals surface area contributed by atoms with Crippen molar-refractivity contribution in [2.24, 2.45) is 0 Å². The molecule has 2 aliphatic rings. The minimum atomic E-state index is -0.142. The zero-order valence-electron chi connectivity index (χ0n) is 13.6. The van der Waals surface area contributed by atoms with Gasteiger partial charge in [-0.3, -0.25) is 9.59 Å². The Morgan fingerprint density at radius 1 is 0.840 bits per heavy atom. The monoisotopic (exact) mass is 342 g/mol. The molecule has 0 N–H and O–H groups in total. The van der Waals surface area contributed by atoms with E-state index >= 15 is 0 Å². The summed E-state index contributed by atoms with van der Waals surface area (Å²) in [4.78, 5) is 28.4. The van der Waals surface area contributed by atoms with E-state index in [1.807, 2.05) is 0 Å². The molecule has 0 atom stereocenters. The highest BCUT2D eigenvalue weighted by Crippen LogP contribution is 2.31. The lowest BCUT2D eigenvalue weighted by molar-refractivity contribution is 0.0517. The summed E-state index contributed by atoms with van der Waals surface area (Å²) < 4.78 is 16.2. The van der Waals surface area contributed by atoms with Crippen LogP contribution in [0.3, 0.4) is 0 Å². The topological polar surface area (TPSA) is 72.2 Å². The zero-order valence-corrected chi connectivity index (χ0v) is 13.6. The Morgan fingerprint density at radius 2 is 1.52 bits per heavy atom. The maximum Gasteiger partial charge on any atom is 0.289 e. The van der Waals surface area contributed by atoms with Crippen LogP contribution in [0.5, 0.6) is 11.5 Å². The van der Waals surface area contributed by atoms with Crippen molar-refractivity contribution in [3.63, 3.8) is 0 Å². The van der Waals surface area contributed by atoms with E-state index in [2.05, 4.69) is 0 Å². The fourth-order valence-electron chi connectivity index (χ4n) is 3.03. The van der Waals surface area contributed by atoms with Crippen molar-refractivity contribution in [1.82, 2.24) is 9.80 Å². The number of benzene rings is 1. The summed E-state index contributed by atoms with van der Waals surface area (Å²) in [5, 5.41) is 0. The predicted octanol–water partition coefficient (Wildman–Crippen LogP) is 1.65. The van der Waals surface area contributed by atoms with Gasteiger partial charge < -0.3 is 23.7 Å². The van der Waals surface area contributed by atoms with Crippen molar-refractivity contribution in [2.45, 2.75) is 0 Å². The number of nitrogens with zero attached hydrogens (tertiary/aromatic N) is 2. The maximum absolute atomic E-state index is 12.7. The first-order valence-electron chi connectivity index (χ1n) is 8.24. The molecule has 4 rings (SSSR count). The number of amides is 2. The van der Waals surface area contributed by atoms with E-state index in [1.54, 1.807) is 40.1 Å². The molecule has 2 aliphatic heterocycles. The molecule has 0 unspecified atom stereocenters. The lowest BCUT2D eigenvalue weighted by atomic mass is 10.1. The number of ether oxygens (including phenoxy) is 2. The molecular formula is C18H18N2O5. The van der Waals surface area contributed by atoms with Gasteiger partial charge in [0.25, 0.3) is 11.8 Å². The van der Waals surface area contributed by atoms with Crippen LogP contribution in [0.15, 0.2) is 41.0 Å². The number of piperazine rings is 1. The third-order valence-corrected chi connectivity index (χ3v) is 4.38. The van der Waals surface area contributed by atoms with E-state index in [-0.39, 0.29) is 11.8 Å². The second kappa shape index (κ2) is 6.51. The smallest absolute Gasteiger partial charge is 0.289 e. The molecule has 7 heteroatoms. The molecule has 0 saturated carbocycles. The Kier molecular flexibility index (Phi) is 4.05. The average Bonchev–Trinajstić information content (AvgIpc) is 3.21. The van der Waals surface area contributed by atoms with Gasteiger partial charge in [0.1, 0.15) is 13.2 Å². The van der Waals surface area contributed by atoms with E-state index < -0.39 is 0 Å². The Labute approximate surface area is 144 Å². The highest BCUT2D eigenvalue weighted by Gasteiger charge is 2.27. The SMILES string of the molecule is O=C(c1ccc2c(c1)OCCO2)N1CCN(C(=O)c2ccco2)CC1. The molecule has 3 heterocycles. The summed E-state index contributed by atoms with van der Waals surface area (Å²) in [7, 11) is 0. The van der Waals surface area contributed by atoms with E-state index in [4.69, 9.17) is 13.9 Å². The molecule has 2 aromatic rings. The summed E-state index contributed by atoms with van der Waals surface area (Å²) in [6, 6.07) is 8.57. The van der Waals surface area contributed by atoms with Gasteiger partial charge in [-0.15, -0.1) is 0 Å². The first-order chi connectivity index (χ1) is 12.2. The normalized spacial score (nSPS) is 16.6. The summed E-state index contributed by atoms with van der Waals surface area (Å²) in [5.74, 6) is 1.38. The quantitative estimate of drug-likeness (QED) is 0.830. The molecular weight excluding hydrogens is 324 g/mol. The molecule has 25 heavy (non-hydrogen) atoms. The van der Waals surface area contributed by atoms with Crippen LogP contribution >= 0.6 is 0 Å². The molecule has 1 fully saturated rings. The molecule has 0 spiro atoms. The minimum absolute atomic E-state index is 0.0675. The summed E-state index contributed by atoms with van der Waals surface area (Å²) in [6.07, 6.45) is 1.48. The highest BCUT2D eigenvalue weighted by molar-refractivity contribution is 5.95. The number of carbonyl (C=O) groups excluding carboxylic acids is 2. The van der Waals surface area contributed by atoms with Crippen LogP contribution in [0.1, 0.15) is 20.9 Å². The van der Waals surface area contributed by atoms with Gasteiger partial charge in [-0.1, -0.05) is 0 Å². The summed E-state index contributed by atoms with van der Waals surface area (Å²) >= 11 is 0. The molecule has 0 bridgehead atoms. The van der Waals surface area contributed by atoms with Crippen molar-refractivity contribution in [2.75, 3.05) is 39.4 Å². The van der Waals surface area contributed by atoms with Gasteiger partial charge in [-0.05, 0) is 30.3 Å². The third kappa shape index (κ3) is 3.05. The van der Waals surface area contributed by atoms with Crippen molar-refractivity contribution in [3.8, 4) is 11.5 Å². The van der Waals surface area contributed by atoms with Crippen molar-refractivity contribution in [1.29, 1.82) is 0 Å². The Balaban J connectivity index is 1.40. The first-order valence-corrected chi connectivity index (χ1v) is 8.24. The Morgan fingerprint density at radius 3 is 2.20 bits per heavy atom. The Hall–Kier alpha value is -2.96. The van der Waals surface area contributed by atoms with Crippen LogP contribution in [0.2, 0.25) is 0 Å². The largest absolute Gasteiger partial charge is 0.486 e. The number of carbonyl (C=O) groups is 2. The fourth-order valence-corrected chi connectivity index (χ4v) is 3.03. The molecule has 7 nitrogen and oxygen atoms in total. The van der Waals surface area contributed by atoms with Crippen LogP contribution in [0.4, 0.5) is 0 Å². The van der Waals surface area contributed by atoms with Gasteiger partial charge in [0.2, 0.25) is 0 Å². The molecule has 0 aliphatic carbocycles. The molecule has 1 aromatic carbocycles. The molecule has 130 valence electrons. The van der Waals surface area contributed by atoms with Gasteiger partial charge >= 0.3 is 0 Å². The molecule has 0 radical (unpaired) electrons. The standard InChI is InChI=1S/C18H18N2O5/c21-17(13-3-4-14-16(12-13)25-11-10-24-14)19-5-7-20(8-6-19)18(22)15-2-1-9-23-15/h1-4,9,12H,5-8,10-11H2. The van der Waals surface area contributed by atoms with Gasteiger partial charge in [0, 0.05) is 31.7 Å². The molecule has 1 saturated heterocycles. The summed E-state index contributed by atoms with van der Waals surface area (Å²) in [6.45, 7) is 2.94. The number of hydrogen-bond acceptors (Lipinski definition) is 5. The van der Waals surface area contributed by atoms with Gasteiger partial charge in [-0.25, -0.2) is 0 Å². The third-order valence-electron chi connectivity index (χ3n) is 4.38. The van der Waals surface area contributed by atoms with Crippen LogP contribution in [0.25, 0.3) is 0 Å². The van der Waals surface area contributed by atoms with Gasteiger partial charge in [0.05, 0.1) is 6.26 Å². The maximum atomic E-state index is 12.7. The lowest BCUT2D eigenvalue weighted by Crippen LogP contribution is -2.50. The van der Waals surface area contributed by atoms with Crippen LogP contribution in [-0.2, 0) is 0 Å². The number of hydrogen-bond donors (Lipinski definition) is 0. The fraction of sp³-hybridized carbons (Fsp3) is 0.333. The second-order valence-corrected chi connectivity index (χ2v) is 5.92. The van der Waals surface area contributed by atoms with Crippen molar-refractivity contribution < 1.29 is 23.5 Å². The zero-order chi connectivity index (χ0) is 17.2. The van der Waals surface area contributed by atoms with Crippen LogP contribution in [0, 0.1) is 0 Å². The first kappa shape index (κ1) is 15.6. The van der Waals surface area contributed by atoms with E-state index in [0.717, 1.165) is 0 Å². The van der Waals surface area contributed by atoms with E-state index in [9.17, 15) is 9.59 Å². The molecule has 1 aromatic heterocycles.